The van der Waals surface area contributed by atoms with Crippen LogP contribution in [0.2, 0.25) is 10.0 Å². The molecule has 0 bridgehead atoms. The van der Waals surface area contributed by atoms with Crippen LogP contribution in [0.3, 0.4) is 0 Å². The second-order valence-corrected chi connectivity index (χ2v) is 3.48. The maximum atomic E-state index is 13.3. The minimum absolute atomic E-state index is 0.0255. The summed E-state index contributed by atoms with van der Waals surface area (Å²) in [4.78, 5) is 3.72. The molecule has 0 aliphatic heterocycles. The molecule has 2 N–H and O–H groups in total. The standard InChI is InChI=1S/C8H6Cl3FN2/c9-3-6(13)14-5-2-1-4(10)7(11)8(5)12/h1-2H,3H2,(H2,13,14). The number of halogens is 4. The van der Waals surface area contributed by atoms with Crippen molar-refractivity contribution in [2.75, 3.05) is 5.88 Å². The largest absolute Gasteiger partial charge is 0.386 e. The zero-order valence-electron chi connectivity index (χ0n) is 6.90. The predicted octanol–water partition coefficient (Wildman–Crippen LogP) is 3.36. The quantitative estimate of drug-likeness (QED) is 0.374. The normalized spacial score (nSPS) is 11.9. The fraction of sp³-hybridized carbons (Fsp3) is 0.125. The first kappa shape index (κ1) is 11.6. The van der Waals surface area contributed by atoms with E-state index >= 15 is 0 Å². The molecular formula is C8H6Cl3FN2. The van der Waals surface area contributed by atoms with Crippen molar-refractivity contribution in [3.8, 4) is 0 Å². The Balaban J connectivity index is 3.18. The Morgan fingerprint density at radius 3 is 2.64 bits per heavy atom. The zero-order valence-corrected chi connectivity index (χ0v) is 9.17. The van der Waals surface area contributed by atoms with Gasteiger partial charge in [-0.1, -0.05) is 23.2 Å². The van der Waals surface area contributed by atoms with Crippen LogP contribution in [0.5, 0.6) is 0 Å². The number of hydrogen-bond acceptors (Lipinski definition) is 1. The van der Waals surface area contributed by atoms with Crippen LogP contribution < -0.4 is 5.73 Å². The van der Waals surface area contributed by atoms with Gasteiger partial charge in [-0.3, -0.25) is 0 Å². The van der Waals surface area contributed by atoms with Gasteiger partial charge in [-0.25, -0.2) is 9.38 Å². The van der Waals surface area contributed by atoms with E-state index in [0.29, 0.717) is 0 Å². The van der Waals surface area contributed by atoms with Crippen LogP contribution in [0.15, 0.2) is 17.1 Å². The Bertz CT molecular complexity index is 379. The van der Waals surface area contributed by atoms with Gasteiger partial charge in [0, 0.05) is 0 Å². The lowest BCUT2D eigenvalue weighted by atomic mass is 10.3. The molecule has 0 aliphatic rings. The fourth-order valence-electron chi connectivity index (χ4n) is 0.787. The van der Waals surface area contributed by atoms with Crippen molar-refractivity contribution in [3.05, 3.63) is 28.0 Å². The average Bonchev–Trinajstić information content (AvgIpc) is 2.19. The third-order valence-electron chi connectivity index (χ3n) is 1.42. The Hall–Kier alpha value is -0.510. The molecule has 1 rings (SSSR count). The van der Waals surface area contributed by atoms with Crippen LogP contribution in [-0.4, -0.2) is 11.7 Å². The van der Waals surface area contributed by atoms with Crippen molar-refractivity contribution in [2.45, 2.75) is 0 Å². The molecule has 0 atom stereocenters. The number of benzene rings is 1. The van der Waals surface area contributed by atoms with Gasteiger partial charge in [0.15, 0.2) is 5.82 Å². The highest BCUT2D eigenvalue weighted by Crippen LogP contribution is 2.31. The molecule has 0 saturated heterocycles. The molecule has 76 valence electrons. The summed E-state index contributed by atoms with van der Waals surface area (Å²) in [6, 6.07) is 2.82. The molecule has 6 heteroatoms. The zero-order chi connectivity index (χ0) is 10.7. The highest BCUT2D eigenvalue weighted by atomic mass is 35.5. The molecule has 0 spiro atoms. The summed E-state index contributed by atoms with van der Waals surface area (Å²) in [5.74, 6) is -0.559. The molecule has 0 fully saturated rings. The molecule has 0 aliphatic carbocycles. The van der Waals surface area contributed by atoms with Crippen LogP contribution in [-0.2, 0) is 0 Å². The van der Waals surface area contributed by atoms with Crippen molar-refractivity contribution in [1.29, 1.82) is 0 Å². The molecule has 0 amide bonds. The second kappa shape index (κ2) is 4.82. The van der Waals surface area contributed by atoms with E-state index in [2.05, 4.69) is 4.99 Å². The van der Waals surface area contributed by atoms with E-state index in [4.69, 9.17) is 40.5 Å². The van der Waals surface area contributed by atoms with E-state index in [1.165, 1.54) is 12.1 Å². The molecule has 0 radical (unpaired) electrons. The molecule has 0 saturated carbocycles. The van der Waals surface area contributed by atoms with E-state index < -0.39 is 5.82 Å². The third kappa shape index (κ3) is 2.50. The SMILES string of the molecule is NC(CCl)=Nc1ccc(Cl)c(Cl)c1F. The molecule has 0 heterocycles. The van der Waals surface area contributed by atoms with Gasteiger partial charge in [0.1, 0.15) is 11.5 Å². The summed E-state index contributed by atoms with van der Waals surface area (Å²) < 4.78 is 13.3. The predicted molar refractivity (Wildman–Crippen MR) is 58.4 cm³/mol. The van der Waals surface area contributed by atoms with E-state index in [9.17, 15) is 4.39 Å². The molecular weight excluding hydrogens is 249 g/mol. The Morgan fingerprint density at radius 2 is 2.07 bits per heavy atom. The summed E-state index contributed by atoms with van der Waals surface area (Å²) >= 11 is 16.5. The maximum Gasteiger partial charge on any atom is 0.168 e. The van der Waals surface area contributed by atoms with Crippen LogP contribution in [0, 0.1) is 5.82 Å². The Labute approximate surface area is 95.5 Å². The number of rotatable bonds is 2. The summed E-state index contributed by atoms with van der Waals surface area (Å²) in [5.41, 5.74) is 5.36. The Kier molecular flexibility index (Phi) is 3.98. The van der Waals surface area contributed by atoms with E-state index in [0.717, 1.165) is 0 Å². The maximum absolute atomic E-state index is 13.3. The number of nitrogens with two attached hydrogens (primary N) is 1. The summed E-state index contributed by atoms with van der Waals surface area (Å²) in [6.45, 7) is 0. The first-order valence-electron chi connectivity index (χ1n) is 3.58. The second-order valence-electron chi connectivity index (χ2n) is 2.43. The lowest BCUT2D eigenvalue weighted by molar-refractivity contribution is 0.630. The highest BCUT2D eigenvalue weighted by molar-refractivity contribution is 6.42. The lowest BCUT2D eigenvalue weighted by Crippen LogP contribution is -2.12. The van der Waals surface area contributed by atoms with Crippen molar-refractivity contribution in [1.82, 2.24) is 0 Å². The first-order valence-corrected chi connectivity index (χ1v) is 4.87. The van der Waals surface area contributed by atoms with E-state index in [1.54, 1.807) is 0 Å². The van der Waals surface area contributed by atoms with Crippen LogP contribution in [0.25, 0.3) is 0 Å². The van der Waals surface area contributed by atoms with Crippen molar-refractivity contribution in [3.63, 3.8) is 0 Å². The number of nitrogens with zero attached hydrogens (tertiary/aromatic N) is 1. The average molecular weight is 256 g/mol. The smallest absolute Gasteiger partial charge is 0.168 e. The summed E-state index contributed by atoms with van der Waals surface area (Å²) in [6.07, 6.45) is 0. The minimum Gasteiger partial charge on any atom is -0.386 e. The number of hydrogen-bond donors (Lipinski definition) is 1. The van der Waals surface area contributed by atoms with Gasteiger partial charge in [0.2, 0.25) is 0 Å². The number of amidine groups is 1. The topological polar surface area (TPSA) is 38.4 Å². The van der Waals surface area contributed by atoms with E-state index in [1.807, 2.05) is 0 Å². The van der Waals surface area contributed by atoms with E-state index in [-0.39, 0.29) is 27.4 Å². The molecule has 14 heavy (non-hydrogen) atoms. The van der Waals surface area contributed by atoms with Crippen LogP contribution in [0.4, 0.5) is 10.1 Å². The van der Waals surface area contributed by atoms with Gasteiger partial charge in [-0.15, -0.1) is 11.6 Å². The fourth-order valence-corrected chi connectivity index (χ4v) is 1.15. The minimum atomic E-state index is -0.702. The van der Waals surface area contributed by atoms with Gasteiger partial charge in [0.05, 0.1) is 15.9 Å². The molecule has 0 unspecified atom stereocenters. The number of alkyl halides is 1. The van der Waals surface area contributed by atoms with Crippen LogP contribution in [0.1, 0.15) is 0 Å². The van der Waals surface area contributed by atoms with Gasteiger partial charge in [-0.2, -0.15) is 0 Å². The lowest BCUT2D eigenvalue weighted by Gasteiger charge is -2.01. The van der Waals surface area contributed by atoms with Crippen molar-refractivity contribution < 1.29 is 4.39 Å². The van der Waals surface area contributed by atoms with Gasteiger partial charge < -0.3 is 5.73 Å². The number of aliphatic imine (C=N–C) groups is 1. The van der Waals surface area contributed by atoms with Gasteiger partial charge >= 0.3 is 0 Å². The summed E-state index contributed by atoms with van der Waals surface area (Å²) in [5, 5.41) is -0.0390. The molecule has 1 aromatic rings. The van der Waals surface area contributed by atoms with Gasteiger partial charge in [0.25, 0.3) is 0 Å². The summed E-state index contributed by atoms with van der Waals surface area (Å²) in [7, 11) is 0. The molecule has 0 aromatic heterocycles. The molecule has 1 aromatic carbocycles. The third-order valence-corrected chi connectivity index (χ3v) is 2.47. The molecule has 2 nitrogen and oxygen atoms in total. The monoisotopic (exact) mass is 254 g/mol. The Morgan fingerprint density at radius 1 is 1.43 bits per heavy atom. The van der Waals surface area contributed by atoms with Gasteiger partial charge in [-0.05, 0) is 12.1 Å². The van der Waals surface area contributed by atoms with Crippen molar-refractivity contribution >= 4 is 46.3 Å². The first-order chi connectivity index (χ1) is 6.56. The van der Waals surface area contributed by atoms with Crippen molar-refractivity contribution in [2.24, 2.45) is 10.7 Å². The highest BCUT2D eigenvalue weighted by Gasteiger charge is 2.09. The van der Waals surface area contributed by atoms with Crippen LogP contribution >= 0.6 is 34.8 Å².